The summed E-state index contributed by atoms with van der Waals surface area (Å²) in [5, 5.41) is 24.6. The molecule has 17 heteroatoms. The van der Waals surface area contributed by atoms with Crippen LogP contribution in [0.2, 0.25) is 5.28 Å². The van der Waals surface area contributed by atoms with Gasteiger partial charge in [0, 0.05) is 18.7 Å². The zero-order chi connectivity index (χ0) is 25.8. The van der Waals surface area contributed by atoms with Crippen molar-refractivity contribution in [3.63, 3.8) is 0 Å². The Bertz CT molecular complexity index is 1220. The van der Waals surface area contributed by atoms with Gasteiger partial charge in [-0.05, 0) is 49.9 Å². The summed E-state index contributed by atoms with van der Waals surface area (Å²) < 4.78 is 30.5. The Labute approximate surface area is 211 Å². The van der Waals surface area contributed by atoms with E-state index in [9.17, 15) is 24.2 Å². The number of aliphatic hydroxyl groups is 2. The van der Waals surface area contributed by atoms with Crippen molar-refractivity contribution in [1.82, 2.24) is 24.4 Å². The molecule has 0 radical (unpaired) electrons. The smallest absolute Gasteiger partial charge is 0.335 e. The van der Waals surface area contributed by atoms with Crippen LogP contribution in [0.4, 0.5) is 5.82 Å². The highest BCUT2D eigenvalue weighted by Crippen LogP contribution is 2.55. The maximum Gasteiger partial charge on any atom is 0.335 e. The van der Waals surface area contributed by atoms with Crippen molar-refractivity contribution < 1.29 is 38.8 Å². The van der Waals surface area contributed by atoms with Crippen molar-refractivity contribution in [2.24, 2.45) is 5.92 Å². The van der Waals surface area contributed by atoms with Crippen LogP contribution in [-0.2, 0) is 13.9 Å². The lowest BCUT2D eigenvalue weighted by atomic mass is 9.84. The zero-order valence-corrected chi connectivity index (χ0v) is 21.7. The fourth-order valence-corrected chi connectivity index (χ4v) is 9.06. The van der Waals surface area contributed by atoms with Gasteiger partial charge in [0.05, 0.1) is 12.4 Å². The highest BCUT2D eigenvalue weighted by atomic mass is 35.5. The minimum atomic E-state index is -4.70. The molecule has 200 valence electrons. The van der Waals surface area contributed by atoms with Crippen molar-refractivity contribution in [2.75, 3.05) is 37.0 Å². The van der Waals surface area contributed by atoms with Crippen LogP contribution in [0.3, 0.4) is 0 Å². The Morgan fingerprint density at radius 1 is 1.14 bits per heavy atom. The molecule has 0 spiro atoms. The molecule has 2 aromatic heterocycles. The predicted octanol–water partition coefficient (Wildman–Crippen LogP) is 0.401. The second-order valence-corrected chi connectivity index (χ2v) is 14.7. The molecule has 4 aliphatic rings. The van der Waals surface area contributed by atoms with Gasteiger partial charge in [-0.2, -0.15) is 9.97 Å². The van der Waals surface area contributed by atoms with Crippen molar-refractivity contribution in [3.05, 3.63) is 11.6 Å². The molecule has 2 bridgehead atoms. The maximum absolute atomic E-state index is 12.2. The van der Waals surface area contributed by atoms with E-state index in [1.807, 2.05) is 0 Å². The lowest BCUT2D eigenvalue weighted by Crippen LogP contribution is -2.53. The van der Waals surface area contributed by atoms with Crippen LogP contribution in [0.1, 0.15) is 25.5 Å². The van der Waals surface area contributed by atoms with Crippen LogP contribution in [-0.4, -0.2) is 105 Å². The fourth-order valence-electron chi connectivity index (χ4n) is 5.37. The van der Waals surface area contributed by atoms with Crippen molar-refractivity contribution >= 4 is 43.5 Å². The van der Waals surface area contributed by atoms with Gasteiger partial charge in [-0.3, -0.25) is 13.7 Å². The number of aliphatic hydroxyl groups excluding tert-OH is 2. The molecule has 0 aliphatic carbocycles. The van der Waals surface area contributed by atoms with E-state index in [-0.39, 0.29) is 23.4 Å². The van der Waals surface area contributed by atoms with Crippen LogP contribution >= 0.6 is 26.6 Å². The van der Waals surface area contributed by atoms with E-state index in [1.165, 1.54) is 10.9 Å². The number of imidazole rings is 1. The van der Waals surface area contributed by atoms with E-state index >= 15 is 0 Å². The summed E-state index contributed by atoms with van der Waals surface area (Å²) in [6.45, 7) is 3.06. The maximum atomic E-state index is 12.2. The molecule has 6 N–H and O–H groups in total. The SMILES string of the molecule is O=P(O)(O)CP(=O)(O)CC[C@H]1O[C@@H](n2cnc3c(NC4CN5CCC4CC5)nc(Cl)nc32)C(O)[C@H]1O. The third-order valence-corrected chi connectivity index (χ3v) is 11.5. The van der Waals surface area contributed by atoms with Gasteiger partial charge in [-0.15, -0.1) is 0 Å². The minimum Gasteiger partial charge on any atom is -0.388 e. The van der Waals surface area contributed by atoms with E-state index in [0.29, 0.717) is 17.3 Å². The molecule has 0 saturated carbocycles. The summed E-state index contributed by atoms with van der Waals surface area (Å²) in [6, 6.07) is 0.189. The third kappa shape index (κ3) is 5.49. The standard InChI is InChI=1S/C19H29ClN6O8P2/c20-19-23-16(22-11-7-25-4-1-10(11)2-5-25)13-17(24-19)26(8-21-13)18-15(28)14(27)12(34-18)3-6-35(29,30)9-36(31,32)33/h8,10-12,14-15,18,27-28H,1-7,9H2,(H,29,30)(H,22,23,24)(H2,31,32,33)/t11?,12-,14+,15?,18-/m1/s1. The Hall–Kier alpha value is -1.18. The van der Waals surface area contributed by atoms with Gasteiger partial charge < -0.3 is 39.8 Å². The van der Waals surface area contributed by atoms with Crippen LogP contribution in [0.25, 0.3) is 11.2 Å². The van der Waals surface area contributed by atoms with Crippen LogP contribution in [0, 0.1) is 5.92 Å². The number of fused-ring (bicyclic) bond motifs is 4. The average molecular weight is 567 g/mol. The zero-order valence-electron chi connectivity index (χ0n) is 19.2. The van der Waals surface area contributed by atoms with E-state index in [4.69, 9.17) is 26.1 Å². The molecule has 14 nitrogen and oxygen atoms in total. The van der Waals surface area contributed by atoms with Gasteiger partial charge in [0.2, 0.25) is 12.7 Å². The normalized spacial score (nSPS) is 34.2. The fraction of sp³-hybridized carbons (Fsp3) is 0.737. The molecule has 36 heavy (non-hydrogen) atoms. The monoisotopic (exact) mass is 566 g/mol. The number of hydrogen-bond acceptors (Lipinski definition) is 10. The number of piperidine rings is 3. The summed E-state index contributed by atoms with van der Waals surface area (Å²) in [5.74, 6) is -0.179. The van der Waals surface area contributed by atoms with E-state index in [0.717, 1.165) is 32.5 Å². The lowest BCUT2D eigenvalue weighted by molar-refractivity contribution is -0.0354. The molecule has 4 fully saturated rings. The topological polar surface area (TPSA) is 203 Å². The minimum absolute atomic E-state index is 0.0312. The number of aromatic nitrogens is 4. The van der Waals surface area contributed by atoms with Gasteiger partial charge >= 0.3 is 7.60 Å². The highest BCUT2D eigenvalue weighted by molar-refractivity contribution is 7.72. The quantitative estimate of drug-likeness (QED) is 0.189. The predicted molar refractivity (Wildman–Crippen MR) is 129 cm³/mol. The van der Waals surface area contributed by atoms with E-state index < -0.39 is 51.6 Å². The summed E-state index contributed by atoms with van der Waals surface area (Å²) >= 11 is 6.21. The first-order valence-electron chi connectivity index (χ1n) is 11.7. The Balaban J connectivity index is 1.34. The molecule has 3 unspecified atom stereocenters. The molecule has 6 atom stereocenters. The molecule has 2 aromatic rings. The van der Waals surface area contributed by atoms with Crippen molar-refractivity contribution in [1.29, 1.82) is 0 Å². The number of nitrogens with one attached hydrogen (secondary N) is 1. The Morgan fingerprint density at radius 2 is 1.86 bits per heavy atom. The molecule has 6 rings (SSSR count). The number of halogens is 1. The largest absolute Gasteiger partial charge is 0.388 e. The van der Waals surface area contributed by atoms with Gasteiger partial charge in [-0.1, -0.05) is 0 Å². The lowest BCUT2D eigenvalue weighted by Gasteiger charge is -2.45. The first-order valence-corrected chi connectivity index (χ1v) is 15.9. The first-order chi connectivity index (χ1) is 16.9. The number of anilines is 1. The number of ether oxygens (including phenoxy) is 1. The molecule has 0 amide bonds. The number of hydrogen-bond donors (Lipinski definition) is 6. The van der Waals surface area contributed by atoms with Crippen molar-refractivity contribution in [2.45, 2.75) is 49.8 Å². The van der Waals surface area contributed by atoms with Crippen molar-refractivity contribution in [3.8, 4) is 0 Å². The van der Waals surface area contributed by atoms with Crippen LogP contribution in [0.5, 0.6) is 0 Å². The molecule has 6 heterocycles. The van der Waals surface area contributed by atoms with Gasteiger partial charge in [0.15, 0.2) is 23.2 Å². The third-order valence-electron chi connectivity index (χ3n) is 7.15. The van der Waals surface area contributed by atoms with Gasteiger partial charge in [-0.25, -0.2) is 4.98 Å². The first kappa shape index (κ1) is 26.4. The number of rotatable bonds is 8. The summed E-state index contributed by atoms with van der Waals surface area (Å²) in [5.41, 5.74) is 0.705. The molecular formula is C19H29ClN6O8P2. The molecule has 4 aliphatic heterocycles. The summed E-state index contributed by atoms with van der Waals surface area (Å²) in [4.78, 5) is 43.3. The summed E-state index contributed by atoms with van der Waals surface area (Å²) in [6.07, 6.45) is -2.10. The van der Waals surface area contributed by atoms with Crippen LogP contribution in [0.15, 0.2) is 6.33 Å². The number of nitrogens with zero attached hydrogens (tertiary/aromatic N) is 5. The average Bonchev–Trinajstić information content (AvgIpc) is 3.33. The van der Waals surface area contributed by atoms with Gasteiger partial charge in [0.1, 0.15) is 18.1 Å². The van der Waals surface area contributed by atoms with Crippen LogP contribution < -0.4 is 5.32 Å². The summed E-state index contributed by atoms with van der Waals surface area (Å²) in [7, 11) is -8.87. The molecular weight excluding hydrogens is 538 g/mol. The highest BCUT2D eigenvalue weighted by Gasteiger charge is 2.45. The van der Waals surface area contributed by atoms with E-state index in [2.05, 4.69) is 25.2 Å². The van der Waals surface area contributed by atoms with E-state index in [1.54, 1.807) is 0 Å². The second kappa shape index (κ2) is 9.85. The molecule has 4 saturated heterocycles. The van der Waals surface area contributed by atoms with Gasteiger partial charge in [0.25, 0.3) is 0 Å². The Morgan fingerprint density at radius 3 is 2.50 bits per heavy atom. The second-order valence-electron chi connectivity index (χ2n) is 9.77. The molecule has 0 aromatic carbocycles. The Kier molecular flexibility index (Phi) is 7.23.